The van der Waals surface area contributed by atoms with Crippen molar-refractivity contribution < 1.29 is 4.42 Å². The van der Waals surface area contributed by atoms with Crippen molar-refractivity contribution in [2.45, 2.75) is 0 Å². The summed E-state index contributed by atoms with van der Waals surface area (Å²) in [7, 11) is 0. The minimum absolute atomic E-state index is 0.891. The predicted molar refractivity (Wildman–Crippen MR) is 278 cm³/mol. The molecule has 2 heterocycles. The number of furan rings is 1. The van der Waals surface area contributed by atoms with Gasteiger partial charge in [0.1, 0.15) is 11.2 Å². The molecule has 0 saturated carbocycles. The Bertz CT molecular complexity index is 3920. The van der Waals surface area contributed by atoms with Gasteiger partial charge in [0.25, 0.3) is 0 Å². The summed E-state index contributed by atoms with van der Waals surface area (Å²) in [6.07, 6.45) is 0. The van der Waals surface area contributed by atoms with E-state index >= 15 is 0 Å². The summed E-state index contributed by atoms with van der Waals surface area (Å²) in [6.45, 7) is 0. The molecule has 65 heavy (non-hydrogen) atoms. The molecular weight excluding hydrogens is 807 g/mol. The number of anilines is 3. The molecule has 13 rings (SSSR count). The lowest BCUT2D eigenvalue weighted by atomic mass is 9.93. The number of benzene rings is 11. The molecular formula is C62H39NOS. The topological polar surface area (TPSA) is 16.4 Å². The van der Waals surface area contributed by atoms with Gasteiger partial charge in [-0.15, -0.1) is 11.3 Å². The van der Waals surface area contributed by atoms with Crippen molar-refractivity contribution in [2.24, 2.45) is 0 Å². The second-order valence-electron chi connectivity index (χ2n) is 16.8. The summed E-state index contributed by atoms with van der Waals surface area (Å²) in [5.41, 5.74) is 14.5. The third-order valence-corrected chi connectivity index (χ3v) is 14.2. The number of thiophene rings is 1. The zero-order valence-electron chi connectivity index (χ0n) is 35.3. The van der Waals surface area contributed by atoms with Crippen molar-refractivity contribution in [1.82, 2.24) is 0 Å². The number of fused-ring (bicyclic) bond motifs is 9. The summed E-state index contributed by atoms with van der Waals surface area (Å²) in [6, 6.07) is 85.9. The van der Waals surface area contributed by atoms with E-state index in [9.17, 15) is 0 Å². The van der Waals surface area contributed by atoms with Crippen LogP contribution in [0, 0.1) is 0 Å². The monoisotopic (exact) mass is 845 g/mol. The smallest absolute Gasteiger partial charge is 0.143 e. The largest absolute Gasteiger partial charge is 0.455 e. The van der Waals surface area contributed by atoms with E-state index in [1.807, 2.05) is 17.4 Å². The fourth-order valence-electron chi connectivity index (χ4n) is 9.96. The van der Waals surface area contributed by atoms with E-state index in [0.29, 0.717) is 0 Å². The highest BCUT2D eigenvalue weighted by molar-refractivity contribution is 7.25. The van der Waals surface area contributed by atoms with Crippen LogP contribution in [0.2, 0.25) is 0 Å². The first-order valence-electron chi connectivity index (χ1n) is 22.1. The highest BCUT2D eigenvalue weighted by Gasteiger charge is 2.18. The van der Waals surface area contributed by atoms with Gasteiger partial charge in [0.2, 0.25) is 0 Å². The van der Waals surface area contributed by atoms with Crippen molar-refractivity contribution in [2.75, 3.05) is 4.90 Å². The molecule has 0 atom stereocenters. The lowest BCUT2D eigenvalue weighted by Crippen LogP contribution is -2.09. The third-order valence-electron chi connectivity index (χ3n) is 13.1. The van der Waals surface area contributed by atoms with Gasteiger partial charge in [0.15, 0.2) is 0 Å². The fraction of sp³-hybridized carbons (Fsp3) is 0. The van der Waals surface area contributed by atoms with Gasteiger partial charge in [-0.3, -0.25) is 0 Å². The van der Waals surface area contributed by atoms with Crippen molar-refractivity contribution in [3.8, 4) is 44.5 Å². The average Bonchev–Trinajstić information content (AvgIpc) is 3.96. The lowest BCUT2D eigenvalue weighted by molar-refractivity contribution is 0.670. The van der Waals surface area contributed by atoms with Crippen molar-refractivity contribution in [3.63, 3.8) is 0 Å². The number of hydrogen-bond acceptors (Lipinski definition) is 3. The Morgan fingerprint density at radius 3 is 1.60 bits per heavy atom. The van der Waals surface area contributed by atoms with Crippen LogP contribution in [0.1, 0.15) is 0 Å². The quantitative estimate of drug-likeness (QED) is 0.149. The van der Waals surface area contributed by atoms with Gasteiger partial charge in [-0.25, -0.2) is 0 Å². The average molecular weight is 846 g/mol. The molecule has 0 bridgehead atoms. The van der Waals surface area contributed by atoms with Crippen molar-refractivity contribution >= 4 is 92.1 Å². The molecule has 0 saturated heterocycles. The normalized spacial score (nSPS) is 11.7. The van der Waals surface area contributed by atoms with Crippen LogP contribution < -0.4 is 4.90 Å². The molecule has 0 aliphatic rings. The molecule has 0 unspecified atom stereocenters. The Labute approximate surface area is 380 Å². The zero-order chi connectivity index (χ0) is 42.8. The van der Waals surface area contributed by atoms with Crippen molar-refractivity contribution in [1.29, 1.82) is 0 Å². The van der Waals surface area contributed by atoms with Gasteiger partial charge < -0.3 is 9.32 Å². The van der Waals surface area contributed by atoms with Crippen molar-refractivity contribution in [3.05, 3.63) is 237 Å². The predicted octanol–water partition coefficient (Wildman–Crippen LogP) is 18.4. The molecule has 3 heteroatoms. The minimum atomic E-state index is 0.891. The summed E-state index contributed by atoms with van der Waals surface area (Å²) >= 11 is 1.86. The maximum absolute atomic E-state index is 6.52. The summed E-state index contributed by atoms with van der Waals surface area (Å²) < 4.78 is 9.15. The highest BCUT2D eigenvalue weighted by atomic mass is 32.1. The Hall–Kier alpha value is -8.24. The van der Waals surface area contributed by atoms with Crippen LogP contribution in [0.25, 0.3) is 108 Å². The Morgan fingerprint density at radius 2 is 0.846 bits per heavy atom. The van der Waals surface area contributed by atoms with E-state index in [4.69, 9.17) is 4.42 Å². The SMILES string of the molecule is c1ccc(-c2cccc3c2oc2ccc(-c4ccc(N(c5ccc(-c6cc7ccccc7c7ccccc67)cc5)c5ccc(-c6cccc7sc8ccccc8c67)cc5)cc4)cc23)cc1. The van der Waals surface area contributed by atoms with E-state index in [-0.39, 0.29) is 0 Å². The van der Waals surface area contributed by atoms with Crippen LogP contribution in [0.15, 0.2) is 241 Å². The van der Waals surface area contributed by atoms with E-state index in [1.165, 1.54) is 64.0 Å². The summed E-state index contributed by atoms with van der Waals surface area (Å²) in [4.78, 5) is 2.37. The lowest BCUT2D eigenvalue weighted by Gasteiger charge is -2.26. The third kappa shape index (κ3) is 6.31. The highest BCUT2D eigenvalue weighted by Crippen LogP contribution is 2.44. The second-order valence-corrected chi connectivity index (χ2v) is 17.9. The summed E-state index contributed by atoms with van der Waals surface area (Å²) in [5.74, 6) is 0. The van der Waals surface area contributed by atoms with Gasteiger partial charge in [-0.1, -0.05) is 170 Å². The maximum Gasteiger partial charge on any atom is 0.143 e. The van der Waals surface area contributed by atoms with Gasteiger partial charge in [0, 0.05) is 53.6 Å². The van der Waals surface area contributed by atoms with E-state index < -0.39 is 0 Å². The number of rotatable bonds is 7. The van der Waals surface area contributed by atoms with Crippen LogP contribution in [0.3, 0.4) is 0 Å². The molecule has 0 aliphatic carbocycles. The van der Waals surface area contributed by atoms with E-state index in [2.05, 4.69) is 235 Å². The standard InChI is InChI=1S/C62H39NOS/c1-2-12-41(13-3-1)51-20-10-21-54-57-38-44(30-37-58(57)64-62(51)54)40-24-31-46(32-25-40)63(47-33-26-42(27-34-47)50-19-11-23-60-61(50)55-18-8-9-22-59(55)65-60)48-35-28-43(29-36-48)56-39-45-14-4-5-15-49(45)52-16-6-7-17-53(52)56/h1-39H. The molecule has 0 fully saturated rings. The first kappa shape index (κ1) is 37.3. The molecule has 0 amide bonds. The summed E-state index contributed by atoms with van der Waals surface area (Å²) in [5, 5.41) is 9.93. The molecule has 2 aromatic heterocycles. The van der Waals surface area contributed by atoms with Gasteiger partial charge in [-0.05, 0) is 127 Å². The molecule has 304 valence electrons. The maximum atomic E-state index is 6.52. The molecule has 0 N–H and O–H groups in total. The number of para-hydroxylation sites is 1. The van der Waals surface area contributed by atoms with Gasteiger partial charge in [-0.2, -0.15) is 0 Å². The Morgan fingerprint density at radius 1 is 0.308 bits per heavy atom. The molecule has 11 aromatic carbocycles. The first-order chi connectivity index (χ1) is 32.2. The van der Waals surface area contributed by atoms with Gasteiger partial charge in [0.05, 0.1) is 0 Å². The number of nitrogens with zero attached hydrogens (tertiary/aromatic N) is 1. The zero-order valence-corrected chi connectivity index (χ0v) is 36.1. The van der Waals surface area contributed by atoms with E-state index in [1.54, 1.807) is 0 Å². The van der Waals surface area contributed by atoms with Crippen LogP contribution in [0.4, 0.5) is 17.1 Å². The van der Waals surface area contributed by atoms with Crippen LogP contribution >= 0.6 is 11.3 Å². The van der Waals surface area contributed by atoms with Crippen LogP contribution in [-0.4, -0.2) is 0 Å². The first-order valence-corrected chi connectivity index (χ1v) is 23.0. The minimum Gasteiger partial charge on any atom is -0.455 e. The molecule has 13 aromatic rings. The molecule has 0 spiro atoms. The molecule has 2 nitrogen and oxygen atoms in total. The number of hydrogen-bond donors (Lipinski definition) is 0. The Balaban J connectivity index is 0.901. The van der Waals surface area contributed by atoms with Gasteiger partial charge >= 0.3 is 0 Å². The molecule has 0 radical (unpaired) electrons. The second kappa shape index (κ2) is 15.2. The Kier molecular flexibility index (Phi) is 8.75. The van der Waals surface area contributed by atoms with Crippen LogP contribution in [0.5, 0.6) is 0 Å². The van der Waals surface area contributed by atoms with Crippen LogP contribution in [-0.2, 0) is 0 Å². The fourth-order valence-corrected chi connectivity index (χ4v) is 11.1. The van der Waals surface area contributed by atoms with E-state index in [0.717, 1.165) is 61.3 Å². The molecule has 0 aliphatic heterocycles.